The van der Waals surface area contributed by atoms with Gasteiger partial charge in [-0.3, -0.25) is 9.59 Å². The maximum atomic E-state index is 13.7. The van der Waals surface area contributed by atoms with Crippen LogP contribution in [0.2, 0.25) is 0 Å². The average molecular weight is 426 g/mol. The predicted molar refractivity (Wildman–Crippen MR) is 117 cm³/mol. The van der Waals surface area contributed by atoms with Crippen molar-refractivity contribution in [2.45, 2.75) is 46.1 Å². The number of rotatable bonds is 8. The number of aliphatic hydroxyl groups excluding tert-OH is 1. The van der Waals surface area contributed by atoms with Crippen molar-refractivity contribution < 1.29 is 23.8 Å². The largest absolute Gasteiger partial charge is 0.507 e. The lowest BCUT2D eigenvalue weighted by Gasteiger charge is -2.25. The van der Waals surface area contributed by atoms with Crippen molar-refractivity contribution in [2.75, 3.05) is 13.2 Å². The van der Waals surface area contributed by atoms with Crippen molar-refractivity contribution in [3.63, 3.8) is 0 Å². The molecule has 1 atom stereocenters. The summed E-state index contributed by atoms with van der Waals surface area (Å²) in [6, 6.07) is 10.6. The van der Waals surface area contributed by atoms with Gasteiger partial charge in [-0.2, -0.15) is 0 Å². The quantitative estimate of drug-likeness (QED) is 0.275. The number of likely N-dealkylation sites (tertiary alicyclic amines) is 1. The zero-order valence-corrected chi connectivity index (χ0v) is 18.2. The van der Waals surface area contributed by atoms with E-state index in [1.807, 2.05) is 13.0 Å². The van der Waals surface area contributed by atoms with E-state index in [4.69, 9.17) is 4.74 Å². The highest BCUT2D eigenvalue weighted by Gasteiger charge is 2.45. The van der Waals surface area contributed by atoms with Crippen LogP contribution in [0.1, 0.15) is 55.8 Å². The number of halogens is 1. The summed E-state index contributed by atoms with van der Waals surface area (Å²) in [5, 5.41) is 11.0. The van der Waals surface area contributed by atoms with Crippen molar-refractivity contribution in [2.24, 2.45) is 0 Å². The Labute approximate surface area is 182 Å². The molecule has 3 rings (SSSR count). The Bertz CT molecular complexity index is 1010. The fourth-order valence-corrected chi connectivity index (χ4v) is 3.88. The maximum absolute atomic E-state index is 13.7. The number of Topliss-reactive ketones (excluding diaryl/α,β-unsaturated/α-hetero) is 1. The Kier molecular flexibility index (Phi) is 7.10. The molecule has 0 aromatic heterocycles. The highest BCUT2D eigenvalue weighted by atomic mass is 19.1. The van der Waals surface area contributed by atoms with Crippen molar-refractivity contribution >= 4 is 17.4 Å². The lowest BCUT2D eigenvalue weighted by Crippen LogP contribution is -2.30. The van der Waals surface area contributed by atoms with Gasteiger partial charge in [-0.15, -0.1) is 0 Å². The molecule has 0 aliphatic carbocycles. The van der Waals surface area contributed by atoms with E-state index in [-0.39, 0.29) is 11.3 Å². The molecule has 0 spiro atoms. The number of unbranched alkanes of at least 4 members (excludes halogenated alkanes) is 2. The second kappa shape index (κ2) is 9.77. The normalized spacial score (nSPS) is 17.9. The minimum absolute atomic E-state index is 0.0150. The Hall–Kier alpha value is -3.15. The van der Waals surface area contributed by atoms with Crippen molar-refractivity contribution in [3.8, 4) is 5.75 Å². The van der Waals surface area contributed by atoms with Gasteiger partial charge in [0.05, 0.1) is 18.2 Å². The Morgan fingerprint density at radius 2 is 1.90 bits per heavy atom. The van der Waals surface area contributed by atoms with Crippen LogP contribution in [-0.2, 0) is 9.59 Å². The number of aryl methyl sites for hydroxylation is 1. The molecule has 1 amide bonds. The molecule has 5 nitrogen and oxygen atoms in total. The molecule has 1 saturated heterocycles. The second-order valence-electron chi connectivity index (χ2n) is 7.67. The van der Waals surface area contributed by atoms with Gasteiger partial charge in [0.25, 0.3) is 11.7 Å². The van der Waals surface area contributed by atoms with Gasteiger partial charge in [0.15, 0.2) is 0 Å². The Morgan fingerprint density at radius 1 is 1.13 bits per heavy atom. The van der Waals surface area contributed by atoms with Gasteiger partial charge in [0.1, 0.15) is 17.3 Å². The molecule has 2 aromatic carbocycles. The van der Waals surface area contributed by atoms with Crippen LogP contribution in [0.15, 0.2) is 48.0 Å². The summed E-state index contributed by atoms with van der Waals surface area (Å²) >= 11 is 0. The van der Waals surface area contributed by atoms with E-state index >= 15 is 0 Å². The first-order chi connectivity index (χ1) is 14.9. The molecule has 1 heterocycles. The molecule has 164 valence electrons. The number of hydrogen-bond donors (Lipinski definition) is 1. The van der Waals surface area contributed by atoms with Crippen LogP contribution >= 0.6 is 0 Å². The predicted octanol–water partition coefficient (Wildman–Crippen LogP) is 5.14. The van der Waals surface area contributed by atoms with Crippen LogP contribution in [0.5, 0.6) is 5.75 Å². The first kappa shape index (κ1) is 22.5. The molecule has 1 aliphatic rings. The molecule has 0 radical (unpaired) electrons. The van der Waals surface area contributed by atoms with Crippen LogP contribution < -0.4 is 4.74 Å². The second-order valence-corrected chi connectivity index (χ2v) is 7.67. The molecule has 6 heteroatoms. The van der Waals surface area contributed by atoms with Gasteiger partial charge in [-0.05, 0) is 61.7 Å². The van der Waals surface area contributed by atoms with E-state index < -0.39 is 23.5 Å². The minimum atomic E-state index is -0.734. The van der Waals surface area contributed by atoms with Gasteiger partial charge in [0, 0.05) is 12.1 Å². The standard InChI is InChI=1S/C25H28FNO4/c1-4-6-7-13-27-22(17-9-8-10-19(15-17)31-5-2)21(24(29)25(27)30)23(28)18-11-12-20(26)16(3)14-18/h8-12,14-15,22,28H,4-7,13H2,1-3H3/b23-21-. The zero-order valence-electron chi connectivity index (χ0n) is 18.2. The van der Waals surface area contributed by atoms with E-state index in [9.17, 15) is 19.1 Å². The summed E-state index contributed by atoms with van der Waals surface area (Å²) < 4.78 is 19.3. The Morgan fingerprint density at radius 3 is 2.58 bits per heavy atom. The smallest absolute Gasteiger partial charge is 0.295 e. The van der Waals surface area contributed by atoms with Crippen LogP contribution in [0, 0.1) is 12.7 Å². The van der Waals surface area contributed by atoms with Gasteiger partial charge < -0.3 is 14.7 Å². The van der Waals surface area contributed by atoms with Gasteiger partial charge >= 0.3 is 0 Å². The lowest BCUT2D eigenvalue weighted by molar-refractivity contribution is -0.139. The summed E-state index contributed by atoms with van der Waals surface area (Å²) in [6.07, 6.45) is 2.65. The molecule has 1 N–H and O–H groups in total. The third kappa shape index (κ3) is 4.63. The van der Waals surface area contributed by atoms with Crippen LogP contribution in [0.25, 0.3) is 5.76 Å². The fourth-order valence-electron chi connectivity index (χ4n) is 3.88. The molecule has 0 saturated carbocycles. The van der Waals surface area contributed by atoms with Gasteiger partial charge in [-0.1, -0.05) is 31.9 Å². The molecule has 2 aromatic rings. The van der Waals surface area contributed by atoms with Crippen LogP contribution in [0.4, 0.5) is 4.39 Å². The van der Waals surface area contributed by atoms with E-state index in [1.54, 1.807) is 25.1 Å². The summed E-state index contributed by atoms with van der Waals surface area (Å²) in [4.78, 5) is 27.4. The summed E-state index contributed by atoms with van der Waals surface area (Å²) in [5.74, 6) is -1.45. The summed E-state index contributed by atoms with van der Waals surface area (Å²) in [6.45, 7) is 6.41. The number of carbonyl (C=O) groups is 2. The van der Waals surface area contributed by atoms with E-state index in [0.717, 1.165) is 19.3 Å². The highest BCUT2D eigenvalue weighted by molar-refractivity contribution is 6.46. The first-order valence-corrected chi connectivity index (χ1v) is 10.7. The Balaban J connectivity index is 2.14. The molecule has 1 unspecified atom stereocenters. The monoisotopic (exact) mass is 425 g/mol. The number of nitrogens with zero attached hydrogens (tertiary/aromatic N) is 1. The fraction of sp³-hybridized carbons (Fsp3) is 0.360. The lowest BCUT2D eigenvalue weighted by atomic mass is 9.94. The molecule has 1 fully saturated rings. The number of ketones is 1. The first-order valence-electron chi connectivity index (χ1n) is 10.7. The number of ether oxygens (including phenoxy) is 1. The van der Waals surface area contributed by atoms with Crippen molar-refractivity contribution in [3.05, 3.63) is 70.5 Å². The number of benzene rings is 2. The van der Waals surface area contributed by atoms with E-state index in [0.29, 0.717) is 35.6 Å². The summed E-state index contributed by atoms with van der Waals surface area (Å²) in [7, 11) is 0. The average Bonchev–Trinajstić information content (AvgIpc) is 3.01. The van der Waals surface area contributed by atoms with E-state index in [1.165, 1.54) is 23.1 Å². The van der Waals surface area contributed by atoms with Gasteiger partial charge in [0.2, 0.25) is 0 Å². The molecule has 0 bridgehead atoms. The van der Waals surface area contributed by atoms with Crippen molar-refractivity contribution in [1.82, 2.24) is 4.90 Å². The highest BCUT2D eigenvalue weighted by Crippen LogP contribution is 2.40. The molecule has 31 heavy (non-hydrogen) atoms. The number of aliphatic hydroxyl groups is 1. The summed E-state index contributed by atoms with van der Waals surface area (Å²) in [5.41, 5.74) is 1.34. The van der Waals surface area contributed by atoms with Crippen LogP contribution in [-0.4, -0.2) is 34.8 Å². The third-order valence-corrected chi connectivity index (χ3v) is 5.46. The van der Waals surface area contributed by atoms with Gasteiger partial charge in [-0.25, -0.2) is 4.39 Å². The molecular weight excluding hydrogens is 397 g/mol. The zero-order chi connectivity index (χ0) is 22.5. The van der Waals surface area contributed by atoms with E-state index in [2.05, 4.69) is 6.92 Å². The van der Waals surface area contributed by atoms with Crippen LogP contribution in [0.3, 0.4) is 0 Å². The third-order valence-electron chi connectivity index (χ3n) is 5.46. The SMILES string of the molecule is CCCCCN1C(=O)C(=O)/C(=C(\O)c2ccc(F)c(C)c2)C1c1cccc(OCC)c1. The minimum Gasteiger partial charge on any atom is -0.507 e. The maximum Gasteiger partial charge on any atom is 0.295 e. The van der Waals surface area contributed by atoms with Crippen molar-refractivity contribution in [1.29, 1.82) is 0 Å². The molecular formula is C25H28FNO4. The number of carbonyl (C=O) groups excluding carboxylic acids is 2. The molecule has 1 aliphatic heterocycles. The topological polar surface area (TPSA) is 66.8 Å². The number of amides is 1. The number of hydrogen-bond acceptors (Lipinski definition) is 4.